The van der Waals surface area contributed by atoms with Crippen LogP contribution in [0.1, 0.15) is 5.76 Å². The van der Waals surface area contributed by atoms with Crippen molar-refractivity contribution in [2.24, 2.45) is 0 Å². The van der Waals surface area contributed by atoms with Gasteiger partial charge in [-0.05, 0) is 24.3 Å². The van der Waals surface area contributed by atoms with Crippen LogP contribution in [0.15, 0.2) is 40.8 Å². The van der Waals surface area contributed by atoms with Crippen molar-refractivity contribution in [1.29, 1.82) is 0 Å². The molecule has 2 aliphatic heterocycles. The lowest BCUT2D eigenvalue weighted by atomic mass is 10.2. The van der Waals surface area contributed by atoms with Gasteiger partial charge in [0.25, 0.3) is 0 Å². The zero-order chi connectivity index (χ0) is 17.2. The highest BCUT2D eigenvalue weighted by atomic mass is 35.5. The summed E-state index contributed by atoms with van der Waals surface area (Å²) in [6.45, 7) is 5.54. The summed E-state index contributed by atoms with van der Waals surface area (Å²) in [4.78, 5) is 4.60. The minimum atomic E-state index is -0.319. The van der Waals surface area contributed by atoms with E-state index in [1.54, 1.807) is 0 Å². The van der Waals surface area contributed by atoms with Crippen LogP contribution in [0.2, 0.25) is 5.02 Å². The fourth-order valence-electron chi connectivity index (χ4n) is 3.72. The average molecular weight is 363 g/mol. The number of benzene rings is 1. The molecule has 5 nitrogen and oxygen atoms in total. The van der Waals surface area contributed by atoms with Crippen molar-refractivity contribution < 1.29 is 14.3 Å². The molecular formula is C19H23ClN2O3. The predicted molar refractivity (Wildman–Crippen MR) is 96.6 cm³/mol. The molecule has 0 saturated carbocycles. The van der Waals surface area contributed by atoms with Gasteiger partial charge in [-0.1, -0.05) is 23.7 Å². The van der Waals surface area contributed by atoms with Crippen LogP contribution in [-0.4, -0.2) is 66.4 Å². The van der Waals surface area contributed by atoms with Crippen LogP contribution in [0, 0.1) is 0 Å². The summed E-state index contributed by atoms with van der Waals surface area (Å²) in [7, 11) is 0. The second kappa shape index (κ2) is 7.48. The minimum absolute atomic E-state index is 0.186. The Hall–Kier alpha value is -1.37. The number of likely N-dealkylation sites (tertiary alicyclic amines) is 1. The topological polar surface area (TPSA) is 49.1 Å². The lowest BCUT2D eigenvalue weighted by Gasteiger charge is -2.33. The first-order valence-corrected chi connectivity index (χ1v) is 9.14. The number of hydrogen-bond acceptors (Lipinski definition) is 5. The van der Waals surface area contributed by atoms with Crippen LogP contribution < -0.4 is 0 Å². The Morgan fingerprint density at radius 2 is 1.96 bits per heavy atom. The number of morpholine rings is 1. The second-order valence-corrected chi connectivity index (χ2v) is 7.19. The van der Waals surface area contributed by atoms with Crippen molar-refractivity contribution in [2.45, 2.75) is 18.7 Å². The monoisotopic (exact) mass is 362 g/mol. The van der Waals surface area contributed by atoms with E-state index in [2.05, 4.69) is 9.80 Å². The third-order valence-electron chi connectivity index (χ3n) is 5.00. The van der Waals surface area contributed by atoms with Gasteiger partial charge in [0.2, 0.25) is 0 Å². The molecule has 0 amide bonds. The first-order chi connectivity index (χ1) is 12.2. The minimum Gasteiger partial charge on any atom is -0.460 e. The molecule has 2 saturated heterocycles. The molecule has 134 valence electrons. The summed E-state index contributed by atoms with van der Waals surface area (Å²) in [5.41, 5.74) is 0.978. The van der Waals surface area contributed by atoms with Gasteiger partial charge >= 0.3 is 0 Å². The molecule has 4 rings (SSSR count). The summed E-state index contributed by atoms with van der Waals surface area (Å²) in [6.07, 6.45) is -0.319. The van der Waals surface area contributed by atoms with E-state index in [1.807, 2.05) is 36.4 Å². The molecular weight excluding hydrogens is 340 g/mol. The summed E-state index contributed by atoms with van der Waals surface area (Å²) in [5, 5.41) is 11.1. The Balaban J connectivity index is 1.39. The maximum Gasteiger partial charge on any atom is 0.134 e. The predicted octanol–water partition coefficient (Wildman–Crippen LogP) is 2.48. The molecule has 1 N–H and O–H groups in total. The molecule has 3 heterocycles. The van der Waals surface area contributed by atoms with Gasteiger partial charge in [0.1, 0.15) is 11.5 Å². The fourth-order valence-corrected chi connectivity index (χ4v) is 3.91. The van der Waals surface area contributed by atoms with Gasteiger partial charge in [-0.3, -0.25) is 9.80 Å². The van der Waals surface area contributed by atoms with Crippen molar-refractivity contribution >= 4 is 11.6 Å². The van der Waals surface area contributed by atoms with Crippen LogP contribution in [0.3, 0.4) is 0 Å². The maximum absolute atomic E-state index is 10.4. The molecule has 1 aromatic carbocycles. The van der Waals surface area contributed by atoms with Crippen molar-refractivity contribution in [3.05, 3.63) is 47.2 Å². The Labute approximate surface area is 152 Å². The molecule has 2 fully saturated rings. The van der Waals surface area contributed by atoms with E-state index in [1.165, 1.54) is 0 Å². The van der Waals surface area contributed by atoms with Crippen molar-refractivity contribution in [3.8, 4) is 11.3 Å². The molecule has 1 aromatic heterocycles. The number of aliphatic hydroxyl groups excluding tert-OH is 1. The highest BCUT2D eigenvalue weighted by Crippen LogP contribution is 2.26. The molecule has 6 heteroatoms. The molecule has 0 unspecified atom stereocenters. The zero-order valence-electron chi connectivity index (χ0n) is 14.1. The van der Waals surface area contributed by atoms with Gasteiger partial charge in [0.05, 0.1) is 25.9 Å². The third kappa shape index (κ3) is 3.91. The Morgan fingerprint density at radius 3 is 2.76 bits per heavy atom. The zero-order valence-corrected chi connectivity index (χ0v) is 14.9. The summed E-state index contributed by atoms with van der Waals surface area (Å²) < 4.78 is 11.4. The van der Waals surface area contributed by atoms with Crippen molar-refractivity contribution in [3.63, 3.8) is 0 Å². The number of aliphatic hydroxyl groups is 1. The van der Waals surface area contributed by atoms with Crippen LogP contribution in [-0.2, 0) is 11.3 Å². The third-order valence-corrected chi connectivity index (χ3v) is 5.23. The van der Waals surface area contributed by atoms with Crippen LogP contribution >= 0.6 is 11.6 Å². The van der Waals surface area contributed by atoms with Crippen LogP contribution in [0.25, 0.3) is 11.3 Å². The number of ether oxygens (including phenoxy) is 1. The molecule has 0 bridgehead atoms. The summed E-state index contributed by atoms with van der Waals surface area (Å²) in [6, 6.07) is 11.8. The van der Waals surface area contributed by atoms with Crippen LogP contribution in [0.5, 0.6) is 0 Å². The standard InChI is InChI=1S/C19H23ClN2O3/c20-15-3-1-2-14(10-15)19-5-4-16(25-19)11-21-12-17(18(23)13-21)22-6-8-24-9-7-22/h1-5,10,17-18,23H,6-9,11-13H2/t17-,18-/m0/s1. The van der Waals surface area contributed by atoms with E-state index >= 15 is 0 Å². The van der Waals surface area contributed by atoms with E-state index in [0.717, 1.165) is 49.9 Å². The van der Waals surface area contributed by atoms with Crippen molar-refractivity contribution in [2.75, 3.05) is 39.4 Å². The normalized spacial score (nSPS) is 25.5. The molecule has 0 aliphatic carbocycles. The fraction of sp³-hybridized carbons (Fsp3) is 0.474. The number of β-amino-alcohol motifs (C(OH)–C–C–N with tert-alkyl or cyclic N) is 1. The highest BCUT2D eigenvalue weighted by Gasteiger charge is 2.36. The quantitative estimate of drug-likeness (QED) is 0.905. The number of nitrogens with zero attached hydrogens (tertiary/aromatic N) is 2. The average Bonchev–Trinajstić information content (AvgIpc) is 3.23. The first kappa shape index (κ1) is 17.1. The molecule has 0 radical (unpaired) electrons. The van der Waals surface area contributed by atoms with E-state index in [4.69, 9.17) is 20.8 Å². The number of furan rings is 1. The largest absolute Gasteiger partial charge is 0.460 e. The van der Waals surface area contributed by atoms with Crippen LogP contribution in [0.4, 0.5) is 0 Å². The van der Waals surface area contributed by atoms with E-state index < -0.39 is 0 Å². The van der Waals surface area contributed by atoms with Gasteiger partial charge in [0, 0.05) is 42.8 Å². The SMILES string of the molecule is O[C@H]1CN(Cc2ccc(-c3cccc(Cl)c3)o2)C[C@@H]1N1CCOCC1. The van der Waals surface area contributed by atoms with E-state index in [0.29, 0.717) is 18.1 Å². The van der Waals surface area contributed by atoms with E-state index in [9.17, 15) is 5.11 Å². The summed E-state index contributed by atoms with van der Waals surface area (Å²) >= 11 is 6.05. The van der Waals surface area contributed by atoms with Gasteiger partial charge < -0.3 is 14.3 Å². The Morgan fingerprint density at radius 1 is 1.12 bits per heavy atom. The van der Waals surface area contributed by atoms with Gasteiger partial charge in [-0.15, -0.1) is 0 Å². The highest BCUT2D eigenvalue weighted by molar-refractivity contribution is 6.30. The Kier molecular flexibility index (Phi) is 5.10. The molecule has 2 aromatic rings. The second-order valence-electron chi connectivity index (χ2n) is 6.75. The number of rotatable bonds is 4. The van der Waals surface area contributed by atoms with Crippen molar-refractivity contribution in [1.82, 2.24) is 9.80 Å². The summed E-state index contributed by atoms with van der Waals surface area (Å²) in [5.74, 6) is 1.73. The smallest absolute Gasteiger partial charge is 0.134 e. The van der Waals surface area contributed by atoms with Gasteiger partial charge in [0.15, 0.2) is 0 Å². The van der Waals surface area contributed by atoms with Gasteiger partial charge in [-0.25, -0.2) is 0 Å². The Bertz CT molecular complexity index is 714. The maximum atomic E-state index is 10.4. The number of halogens is 1. The molecule has 0 spiro atoms. The molecule has 2 atom stereocenters. The number of hydrogen-bond donors (Lipinski definition) is 1. The molecule has 25 heavy (non-hydrogen) atoms. The first-order valence-electron chi connectivity index (χ1n) is 8.76. The lowest BCUT2D eigenvalue weighted by molar-refractivity contribution is -0.00619. The lowest BCUT2D eigenvalue weighted by Crippen LogP contribution is -2.48. The van der Waals surface area contributed by atoms with Gasteiger partial charge in [-0.2, -0.15) is 0 Å². The molecule has 2 aliphatic rings. The van der Waals surface area contributed by atoms with E-state index in [-0.39, 0.29) is 12.1 Å².